The van der Waals surface area contributed by atoms with Crippen molar-refractivity contribution in [3.8, 4) is 0 Å². The number of carbonyl (C=O) groups excluding carboxylic acids is 1. The van der Waals surface area contributed by atoms with Gasteiger partial charge in [0.05, 0.1) is 11.4 Å². The van der Waals surface area contributed by atoms with Gasteiger partial charge in [0.2, 0.25) is 15.9 Å². The third-order valence-electron chi connectivity index (χ3n) is 4.82. The number of rotatable bonds is 4. The standard InChI is InChI=1S/C17H26N4O3S/c1-15-2-4-16(5-3-15)25(23,24)21-12-10-19(11-13-21)14-17(22)20-8-6-18-7-9-20/h2-5,18H,6-14H2,1H3. The van der Waals surface area contributed by atoms with Crippen molar-refractivity contribution >= 4 is 15.9 Å². The van der Waals surface area contributed by atoms with E-state index in [1.54, 1.807) is 12.1 Å². The Bertz CT molecular complexity index is 691. The van der Waals surface area contributed by atoms with Crippen LogP contribution >= 0.6 is 0 Å². The van der Waals surface area contributed by atoms with Gasteiger partial charge in [-0.25, -0.2) is 8.42 Å². The number of aryl methyl sites for hydroxylation is 1. The highest BCUT2D eigenvalue weighted by molar-refractivity contribution is 7.89. The van der Waals surface area contributed by atoms with Crippen LogP contribution in [0.25, 0.3) is 0 Å². The monoisotopic (exact) mass is 366 g/mol. The van der Waals surface area contributed by atoms with Gasteiger partial charge < -0.3 is 10.2 Å². The molecule has 0 aliphatic carbocycles. The van der Waals surface area contributed by atoms with Crippen LogP contribution in [0.4, 0.5) is 0 Å². The first-order chi connectivity index (χ1) is 12.0. The van der Waals surface area contributed by atoms with E-state index >= 15 is 0 Å². The fraction of sp³-hybridized carbons (Fsp3) is 0.588. The van der Waals surface area contributed by atoms with E-state index in [1.165, 1.54) is 4.31 Å². The van der Waals surface area contributed by atoms with E-state index in [1.807, 2.05) is 28.9 Å². The normalized spacial score (nSPS) is 20.6. The summed E-state index contributed by atoms with van der Waals surface area (Å²) in [7, 11) is -3.45. The van der Waals surface area contributed by atoms with Crippen molar-refractivity contribution in [3.05, 3.63) is 29.8 Å². The molecule has 138 valence electrons. The Labute approximate surface area is 149 Å². The molecule has 2 saturated heterocycles. The Hall–Kier alpha value is -1.48. The van der Waals surface area contributed by atoms with Crippen LogP contribution in [0, 0.1) is 6.92 Å². The van der Waals surface area contributed by atoms with Crippen molar-refractivity contribution in [3.63, 3.8) is 0 Å². The summed E-state index contributed by atoms with van der Waals surface area (Å²) in [6.45, 7) is 7.51. The minimum absolute atomic E-state index is 0.136. The third-order valence-corrected chi connectivity index (χ3v) is 6.73. The molecule has 2 heterocycles. The topological polar surface area (TPSA) is 73.0 Å². The second-order valence-electron chi connectivity index (χ2n) is 6.62. The lowest BCUT2D eigenvalue weighted by Crippen LogP contribution is -2.53. The van der Waals surface area contributed by atoms with Crippen molar-refractivity contribution < 1.29 is 13.2 Å². The summed E-state index contributed by atoms with van der Waals surface area (Å²) in [5.74, 6) is 0.136. The number of carbonyl (C=O) groups is 1. The second-order valence-corrected chi connectivity index (χ2v) is 8.56. The second kappa shape index (κ2) is 7.82. The Morgan fingerprint density at radius 2 is 1.60 bits per heavy atom. The van der Waals surface area contributed by atoms with E-state index in [4.69, 9.17) is 0 Å². The van der Waals surface area contributed by atoms with E-state index in [2.05, 4.69) is 5.32 Å². The van der Waals surface area contributed by atoms with Crippen LogP contribution in [0.15, 0.2) is 29.2 Å². The number of nitrogens with one attached hydrogen (secondary N) is 1. The summed E-state index contributed by atoms with van der Waals surface area (Å²) in [5.41, 5.74) is 1.04. The summed E-state index contributed by atoms with van der Waals surface area (Å²) in [6, 6.07) is 6.94. The Balaban J connectivity index is 1.54. The number of piperazine rings is 2. The molecule has 25 heavy (non-hydrogen) atoms. The zero-order valence-electron chi connectivity index (χ0n) is 14.6. The molecular weight excluding hydrogens is 340 g/mol. The molecule has 0 unspecified atom stereocenters. The fourth-order valence-electron chi connectivity index (χ4n) is 3.19. The van der Waals surface area contributed by atoms with E-state index < -0.39 is 10.0 Å². The molecular formula is C17H26N4O3S. The molecule has 1 N–H and O–H groups in total. The van der Waals surface area contributed by atoms with Crippen LogP contribution in [-0.2, 0) is 14.8 Å². The van der Waals surface area contributed by atoms with Crippen LogP contribution in [0.1, 0.15) is 5.56 Å². The molecule has 0 aromatic heterocycles. The largest absolute Gasteiger partial charge is 0.339 e. The molecule has 2 fully saturated rings. The van der Waals surface area contributed by atoms with Crippen molar-refractivity contribution in [1.29, 1.82) is 0 Å². The Morgan fingerprint density at radius 3 is 2.20 bits per heavy atom. The maximum absolute atomic E-state index is 12.7. The summed E-state index contributed by atoms with van der Waals surface area (Å²) >= 11 is 0. The molecule has 1 aromatic carbocycles. The number of sulfonamides is 1. The van der Waals surface area contributed by atoms with E-state index in [-0.39, 0.29) is 5.91 Å². The molecule has 0 bridgehead atoms. The highest BCUT2D eigenvalue weighted by atomic mass is 32.2. The van der Waals surface area contributed by atoms with Gasteiger partial charge in [0.25, 0.3) is 0 Å². The predicted molar refractivity (Wildman–Crippen MR) is 95.8 cm³/mol. The van der Waals surface area contributed by atoms with Gasteiger partial charge in [-0.15, -0.1) is 0 Å². The number of amides is 1. The predicted octanol–water partition coefficient (Wildman–Crippen LogP) is -0.267. The van der Waals surface area contributed by atoms with Gasteiger partial charge in [-0.2, -0.15) is 4.31 Å². The fourth-order valence-corrected chi connectivity index (χ4v) is 4.62. The van der Waals surface area contributed by atoms with Crippen LogP contribution in [0.3, 0.4) is 0 Å². The number of benzene rings is 1. The van der Waals surface area contributed by atoms with E-state index in [0.29, 0.717) is 37.6 Å². The van der Waals surface area contributed by atoms with Gasteiger partial charge >= 0.3 is 0 Å². The van der Waals surface area contributed by atoms with Crippen LogP contribution < -0.4 is 5.32 Å². The molecule has 1 aromatic rings. The molecule has 3 rings (SSSR count). The highest BCUT2D eigenvalue weighted by Gasteiger charge is 2.29. The first-order valence-corrected chi connectivity index (χ1v) is 10.2. The van der Waals surface area contributed by atoms with Crippen molar-refractivity contribution in [2.75, 3.05) is 58.9 Å². The van der Waals surface area contributed by atoms with Crippen LogP contribution in [0.2, 0.25) is 0 Å². The summed E-state index contributed by atoms with van der Waals surface area (Å²) in [6.07, 6.45) is 0. The lowest BCUT2D eigenvalue weighted by atomic mass is 10.2. The maximum atomic E-state index is 12.7. The van der Waals surface area contributed by atoms with Crippen molar-refractivity contribution in [2.24, 2.45) is 0 Å². The Kier molecular flexibility index (Phi) is 5.73. The third kappa shape index (κ3) is 4.38. The molecule has 1 amide bonds. The average Bonchev–Trinajstić information content (AvgIpc) is 2.63. The summed E-state index contributed by atoms with van der Waals surface area (Å²) < 4.78 is 26.9. The number of nitrogens with zero attached hydrogens (tertiary/aromatic N) is 3. The first-order valence-electron chi connectivity index (χ1n) is 8.74. The molecule has 2 aliphatic rings. The summed E-state index contributed by atoms with van der Waals surface area (Å²) in [4.78, 5) is 16.6. The molecule has 0 radical (unpaired) electrons. The van der Waals surface area contributed by atoms with Gasteiger partial charge in [-0.3, -0.25) is 9.69 Å². The van der Waals surface area contributed by atoms with Gasteiger partial charge in [0, 0.05) is 52.4 Å². The molecule has 0 spiro atoms. The smallest absolute Gasteiger partial charge is 0.243 e. The van der Waals surface area contributed by atoms with Gasteiger partial charge in [-0.05, 0) is 19.1 Å². The number of hydrogen-bond donors (Lipinski definition) is 1. The van der Waals surface area contributed by atoms with Gasteiger partial charge in [0.15, 0.2) is 0 Å². The molecule has 2 aliphatic heterocycles. The van der Waals surface area contributed by atoms with Crippen LogP contribution in [-0.4, -0.2) is 87.3 Å². The molecule has 8 heteroatoms. The maximum Gasteiger partial charge on any atom is 0.243 e. The number of hydrogen-bond acceptors (Lipinski definition) is 5. The molecule has 7 nitrogen and oxygen atoms in total. The zero-order chi connectivity index (χ0) is 17.9. The first kappa shape index (κ1) is 18.3. The van der Waals surface area contributed by atoms with E-state index in [9.17, 15) is 13.2 Å². The molecule has 0 atom stereocenters. The average molecular weight is 366 g/mol. The lowest BCUT2D eigenvalue weighted by molar-refractivity contribution is -0.133. The van der Waals surface area contributed by atoms with Crippen LogP contribution in [0.5, 0.6) is 0 Å². The van der Waals surface area contributed by atoms with E-state index in [0.717, 1.165) is 31.7 Å². The Morgan fingerprint density at radius 1 is 1.00 bits per heavy atom. The SMILES string of the molecule is Cc1ccc(S(=O)(=O)N2CCN(CC(=O)N3CCNCC3)CC2)cc1. The van der Waals surface area contributed by atoms with Gasteiger partial charge in [0.1, 0.15) is 0 Å². The van der Waals surface area contributed by atoms with Crippen molar-refractivity contribution in [1.82, 2.24) is 19.4 Å². The van der Waals surface area contributed by atoms with Gasteiger partial charge in [-0.1, -0.05) is 17.7 Å². The minimum atomic E-state index is -3.45. The minimum Gasteiger partial charge on any atom is -0.339 e. The van der Waals surface area contributed by atoms with Crippen molar-refractivity contribution in [2.45, 2.75) is 11.8 Å². The molecule has 0 saturated carbocycles. The summed E-state index contributed by atoms with van der Waals surface area (Å²) in [5, 5.41) is 3.23. The quantitative estimate of drug-likeness (QED) is 0.794. The highest BCUT2D eigenvalue weighted by Crippen LogP contribution is 2.18. The zero-order valence-corrected chi connectivity index (χ0v) is 15.5. The lowest BCUT2D eigenvalue weighted by Gasteiger charge is -2.35.